The van der Waals surface area contributed by atoms with Crippen molar-refractivity contribution in [2.45, 2.75) is 24.1 Å². The Bertz CT molecular complexity index is 1840. The van der Waals surface area contributed by atoms with Crippen LogP contribution in [0.3, 0.4) is 0 Å². The SMILES string of the molecule is O=C1N(Cc2ccccc2)c2ccccc2C12Oc1ccccc1C21C(=O)N(Cc2ccccc2)c2ccccc21. The van der Waals surface area contributed by atoms with Gasteiger partial charge < -0.3 is 14.5 Å². The Kier molecular flexibility index (Phi) is 5.01. The number of hydrogen-bond acceptors (Lipinski definition) is 3. The number of amides is 2. The third kappa shape index (κ3) is 3.00. The van der Waals surface area contributed by atoms with E-state index in [1.807, 2.05) is 138 Å². The van der Waals surface area contributed by atoms with Crippen molar-refractivity contribution in [1.82, 2.24) is 0 Å². The Hall–Kier alpha value is -5.16. The van der Waals surface area contributed by atoms with Gasteiger partial charge in [0.25, 0.3) is 5.91 Å². The maximum absolute atomic E-state index is 15.2. The Morgan fingerprint density at radius 1 is 0.488 bits per heavy atom. The standard InChI is InChI=1S/C36H26N2O3/c39-33-35(27-17-7-10-20-30(27)37(33)23-25-13-3-1-4-14-25)29-19-9-12-22-32(29)41-36(35)28-18-8-11-21-31(28)38(34(36)40)24-26-15-5-2-6-16-26/h1-22H,23-24H2. The normalized spacial score (nSPS) is 21.8. The molecule has 8 rings (SSSR count). The van der Waals surface area contributed by atoms with Crippen LogP contribution >= 0.6 is 0 Å². The van der Waals surface area contributed by atoms with Crippen LogP contribution in [0.5, 0.6) is 5.75 Å². The van der Waals surface area contributed by atoms with E-state index in [-0.39, 0.29) is 11.8 Å². The molecule has 0 radical (unpaired) electrons. The number of rotatable bonds is 4. The summed E-state index contributed by atoms with van der Waals surface area (Å²) in [7, 11) is 0. The van der Waals surface area contributed by atoms with Gasteiger partial charge in [-0.1, -0.05) is 115 Å². The monoisotopic (exact) mass is 534 g/mol. The van der Waals surface area contributed by atoms with E-state index in [2.05, 4.69) is 0 Å². The van der Waals surface area contributed by atoms with Crippen LogP contribution in [0.2, 0.25) is 0 Å². The molecule has 5 aromatic carbocycles. The van der Waals surface area contributed by atoms with Crippen molar-refractivity contribution >= 4 is 23.2 Å². The Balaban J connectivity index is 1.40. The minimum Gasteiger partial charge on any atom is -0.470 e. The van der Waals surface area contributed by atoms with Crippen molar-refractivity contribution < 1.29 is 14.3 Å². The smallest absolute Gasteiger partial charge is 0.278 e. The molecule has 0 aromatic heterocycles. The van der Waals surface area contributed by atoms with E-state index >= 15 is 9.59 Å². The zero-order valence-corrected chi connectivity index (χ0v) is 22.2. The molecule has 0 bridgehead atoms. The van der Waals surface area contributed by atoms with E-state index in [1.54, 1.807) is 4.90 Å². The highest BCUT2D eigenvalue weighted by molar-refractivity contribution is 6.21. The molecule has 5 aromatic rings. The minimum atomic E-state index is -1.60. The molecule has 3 heterocycles. The number of fused-ring (bicyclic) bond motifs is 7. The highest BCUT2D eigenvalue weighted by Gasteiger charge is 2.77. The summed E-state index contributed by atoms with van der Waals surface area (Å²) in [6.45, 7) is 0.762. The summed E-state index contributed by atoms with van der Waals surface area (Å²) >= 11 is 0. The average Bonchev–Trinajstić information content (AvgIpc) is 3.56. The molecule has 5 heteroatoms. The molecule has 0 saturated carbocycles. The summed E-state index contributed by atoms with van der Waals surface area (Å²) < 4.78 is 6.89. The maximum atomic E-state index is 15.2. The quantitative estimate of drug-likeness (QED) is 0.270. The molecular weight excluding hydrogens is 508 g/mol. The van der Waals surface area contributed by atoms with Crippen molar-refractivity contribution in [3.63, 3.8) is 0 Å². The highest BCUT2D eigenvalue weighted by Crippen LogP contribution is 2.66. The van der Waals surface area contributed by atoms with Crippen LogP contribution in [-0.2, 0) is 33.7 Å². The van der Waals surface area contributed by atoms with Crippen molar-refractivity contribution in [3.05, 3.63) is 161 Å². The molecule has 2 amide bonds. The third-order valence-corrected chi connectivity index (χ3v) is 8.73. The lowest BCUT2D eigenvalue weighted by atomic mass is 9.62. The van der Waals surface area contributed by atoms with Gasteiger partial charge in [-0.25, -0.2) is 0 Å². The number of carbonyl (C=O) groups is 2. The van der Waals surface area contributed by atoms with Crippen LogP contribution in [0, 0.1) is 0 Å². The minimum absolute atomic E-state index is 0.155. The summed E-state index contributed by atoms with van der Waals surface area (Å²) in [5.41, 5.74) is 2.80. The molecule has 2 atom stereocenters. The van der Waals surface area contributed by atoms with E-state index in [0.29, 0.717) is 24.4 Å². The molecule has 0 fully saturated rings. The molecule has 2 spiro atoms. The number of ether oxygens (including phenoxy) is 1. The predicted octanol–water partition coefficient (Wildman–Crippen LogP) is 6.35. The van der Waals surface area contributed by atoms with Crippen molar-refractivity contribution in [2.24, 2.45) is 0 Å². The van der Waals surface area contributed by atoms with Gasteiger partial charge in [-0.2, -0.15) is 0 Å². The number of benzene rings is 5. The summed E-state index contributed by atoms with van der Waals surface area (Å²) in [6, 6.07) is 43.2. The second-order valence-corrected chi connectivity index (χ2v) is 10.8. The van der Waals surface area contributed by atoms with Crippen LogP contribution in [0.4, 0.5) is 11.4 Å². The Morgan fingerprint density at radius 2 is 0.951 bits per heavy atom. The van der Waals surface area contributed by atoms with Gasteiger partial charge in [0.1, 0.15) is 5.75 Å². The highest BCUT2D eigenvalue weighted by atomic mass is 16.5. The summed E-state index contributed by atoms with van der Waals surface area (Å²) in [5.74, 6) is 0.169. The molecule has 0 aliphatic carbocycles. The van der Waals surface area contributed by atoms with Gasteiger partial charge in [-0.15, -0.1) is 0 Å². The number of hydrogen-bond donors (Lipinski definition) is 0. The first-order valence-corrected chi connectivity index (χ1v) is 13.9. The second-order valence-electron chi connectivity index (χ2n) is 10.8. The second kappa shape index (κ2) is 8.67. The summed E-state index contributed by atoms with van der Waals surface area (Å²) in [4.78, 5) is 33.9. The Labute approximate surface area is 238 Å². The Morgan fingerprint density at radius 3 is 1.59 bits per heavy atom. The first-order chi connectivity index (χ1) is 20.2. The molecule has 41 heavy (non-hydrogen) atoms. The number of para-hydroxylation sites is 3. The molecule has 3 aliphatic heterocycles. The third-order valence-electron chi connectivity index (χ3n) is 8.73. The summed E-state index contributed by atoms with van der Waals surface area (Å²) in [6.07, 6.45) is 0. The lowest BCUT2D eigenvalue weighted by molar-refractivity contribution is -0.143. The van der Waals surface area contributed by atoms with Gasteiger partial charge in [-0.05, 0) is 29.3 Å². The van der Waals surface area contributed by atoms with E-state index < -0.39 is 11.0 Å². The largest absolute Gasteiger partial charge is 0.470 e. The van der Waals surface area contributed by atoms with Crippen molar-refractivity contribution in [1.29, 1.82) is 0 Å². The van der Waals surface area contributed by atoms with Gasteiger partial charge in [0.15, 0.2) is 5.41 Å². The van der Waals surface area contributed by atoms with Crippen LogP contribution in [0.15, 0.2) is 133 Å². The van der Waals surface area contributed by atoms with E-state index in [9.17, 15) is 0 Å². The average molecular weight is 535 g/mol. The van der Waals surface area contributed by atoms with Crippen LogP contribution < -0.4 is 14.5 Å². The zero-order chi connectivity index (χ0) is 27.6. The van der Waals surface area contributed by atoms with E-state index in [1.165, 1.54) is 0 Å². The van der Waals surface area contributed by atoms with Crippen LogP contribution in [-0.4, -0.2) is 11.8 Å². The molecule has 3 aliphatic rings. The molecule has 5 nitrogen and oxygen atoms in total. The van der Waals surface area contributed by atoms with E-state index in [0.717, 1.165) is 33.6 Å². The van der Waals surface area contributed by atoms with Gasteiger partial charge in [0.05, 0.1) is 18.8 Å². The lowest BCUT2D eigenvalue weighted by Crippen LogP contribution is -2.60. The number of anilines is 2. The van der Waals surface area contributed by atoms with E-state index in [4.69, 9.17) is 4.74 Å². The molecule has 0 N–H and O–H groups in total. The fourth-order valence-electron chi connectivity index (χ4n) is 7.08. The van der Waals surface area contributed by atoms with Gasteiger partial charge in [0.2, 0.25) is 11.5 Å². The van der Waals surface area contributed by atoms with Gasteiger partial charge in [0, 0.05) is 22.4 Å². The first kappa shape index (κ1) is 23.7. The summed E-state index contributed by atoms with van der Waals surface area (Å²) in [5, 5.41) is 0. The number of carbonyl (C=O) groups excluding carboxylic acids is 2. The van der Waals surface area contributed by atoms with Gasteiger partial charge in [-0.3, -0.25) is 9.59 Å². The van der Waals surface area contributed by atoms with Crippen molar-refractivity contribution in [3.8, 4) is 5.75 Å². The number of nitrogens with zero attached hydrogens (tertiary/aromatic N) is 2. The first-order valence-electron chi connectivity index (χ1n) is 13.9. The molecule has 0 saturated heterocycles. The molecular formula is C36H26N2O3. The fraction of sp³-hybridized carbons (Fsp3) is 0.111. The van der Waals surface area contributed by atoms with Crippen molar-refractivity contribution in [2.75, 3.05) is 9.80 Å². The maximum Gasteiger partial charge on any atom is 0.278 e. The molecule has 198 valence electrons. The van der Waals surface area contributed by atoms with Gasteiger partial charge >= 0.3 is 0 Å². The topological polar surface area (TPSA) is 49.9 Å². The lowest BCUT2D eigenvalue weighted by Gasteiger charge is -2.37. The zero-order valence-electron chi connectivity index (χ0n) is 22.2. The van der Waals surface area contributed by atoms with Crippen LogP contribution in [0.1, 0.15) is 27.8 Å². The predicted molar refractivity (Wildman–Crippen MR) is 158 cm³/mol. The fourth-order valence-corrected chi connectivity index (χ4v) is 7.08. The van der Waals surface area contributed by atoms with Crippen LogP contribution in [0.25, 0.3) is 0 Å². The molecule has 2 unspecified atom stereocenters.